The minimum absolute atomic E-state index is 0. The first-order valence-corrected chi connectivity index (χ1v) is 26.8. The fourth-order valence-electron chi connectivity index (χ4n) is 8.32. The van der Waals surface area contributed by atoms with Crippen molar-refractivity contribution in [3.8, 4) is 0 Å². The molecule has 0 heterocycles. The Balaban J connectivity index is 0.000000413. The minimum Gasteiger partial charge on any atom is -0.744 e. The van der Waals surface area contributed by atoms with Crippen LogP contribution in [0.2, 0.25) is 0 Å². The molecule has 61 heavy (non-hydrogen) atoms. The molecule has 0 fully saturated rings. The summed E-state index contributed by atoms with van der Waals surface area (Å²) in [6, 6.07) is 19.5. The summed E-state index contributed by atoms with van der Waals surface area (Å²) in [5.41, 5.74) is 3.96. The minimum atomic E-state index is -4.46. The van der Waals surface area contributed by atoms with Crippen LogP contribution in [0.25, 0.3) is 21.5 Å². The number of hydrogen-bond donors (Lipinski definition) is 0. The van der Waals surface area contributed by atoms with Gasteiger partial charge in [0.15, 0.2) is 0 Å². The van der Waals surface area contributed by atoms with Gasteiger partial charge in [0.25, 0.3) is 0 Å². The van der Waals surface area contributed by atoms with Crippen molar-refractivity contribution in [2.45, 2.75) is 217 Å². The molecule has 0 saturated carbocycles. The molecule has 0 spiro atoms. The van der Waals surface area contributed by atoms with E-state index >= 15 is 0 Å². The standard InChI is InChI=1S/2C26H40O3S.Ba/c2*1-3-5-7-9-11-13-15-22-17-18-23-21-26(30(27,28)29)24(20-25(23)19-22)16-14-12-10-8-6-4-2;/h2*17-21H,3-16H2,1-2H3,(H,27,28,29);/q;;+2/p-2. The van der Waals surface area contributed by atoms with Gasteiger partial charge in [-0.3, -0.25) is 0 Å². The second-order valence-corrected chi connectivity index (χ2v) is 20.0. The Morgan fingerprint density at radius 1 is 0.344 bits per heavy atom. The third kappa shape index (κ3) is 22.0. The van der Waals surface area contributed by atoms with Gasteiger partial charge in [-0.1, -0.05) is 193 Å². The topological polar surface area (TPSA) is 114 Å². The van der Waals surface area contributed by atoms with Gasteiger partial charge < -0.3 is 9.11 Å². The Bertz CT molecular complexity index is 1900. The van der Waals surface area contributed by atoms with Crippen molar-refractivity contribution in [3.63, 3.8) is 0 Å². The van der Waals surface area contributed by atoms with Crippen LogP contribution in [0.4, 0.5) is 0 Å². The summed E-state index contributed by atoms with van der Waals surface area (Å²) in [5.74, 6) is 0. The summed E-state index contributed by atoms with van der Waals surface area (Å²) < 4.78 is 71.0. The molecule has 0 unspecified atom stereocenters. The largest absolute Gasteiger partial charge is 2.00 e. The molecule has 0 amide bonds. The fraction of sp³-hybridized carbons (Fsp3) is 0.615. The number of fused-ring (bicyclic) bond motifs is 2. The van der Waals surface area contributed by atoms with E-state index in [9.17, 15) is 25.9 Å². The molecule has 0 aromatic heterocycles. The van der Waals surface area contributed by atoms with Crippen LogP contribution in [-0.2, 0) is 45.9 Å². The van der Waals surface area contributed by atoms with Crippen molar-refractivity contribution < 1.29 is 25.9 Å². The van der Waals surface area contributed by atoms with Crippen molar-refractivity contribution in [2.24, 2.45) is 0 Å². The summed E-state index contributed by atoms with van der Waals surface area (Å²) in [6.07, 6.45) is 32.4. The Labute approximate surface area is 412 Å². The summed E-state index contributed by atoms with van der Waals surface area (Å²) in [6.45, 7) is 8.86. The van der Waals surface area contributed by atoms with Crippen molar-refractivity contribution in [2.75, 3.05) is 0 Å². The summed E-state index contributed by atoms with van der Waals surface area (Å²) in [4.78, 5) is -0.0699. The second-order valence-electron chi connectivity index (χ2n) is 17.3. The first-order chi connectivity index (χ1) is 28.9. The molecule has 4 aromatic rings. The molecule has 0 atom stereocenters. The van der Waals surface area contributed by atoms with Gasteiger partial charge in [0.2, 0.25) is 0 Å². The van der Waals surface area contributed by atoms with Crippen LogP contribution in [0.1, 0.15) is 204 Å². The molecule has 0 saturated heterocycles. The average molecular weight is 1000 g/mol. The van der Waals surface area contributed by atoms with E-state index in [2.05, 4.69) is 52.0 Å². The van der Waals surface area contributed by atoms with E-state index in [4.69, 9.17) is 0 Å². The molecule has 0 bridgehead atoms. The third-order valence-electron chi connectivity index (χ3n) is 11.9. The second kappa shape index (κ2) is 31.6. The molecule has 4 aromatic carbocycles. The zero-order valence-electron chi connectivity index (χ0n) is 38.5. The maximum absolute atomic E-state index is 11.8. The molecule has 0 aliphatic rings. The fourth-order valence-corrected chi connectivity index (χ4v) is 9.83. The number of rotatable bonds is 30. The zero-order valence-corrected chi connectivity index (χ0v) is 44.6. The van der Waals surface area contributed by atoms with E-state index in [0.29, 0.717) is 24.0 Å². The molecule has 4 rings (SSSR count). The van der Waals surface area contributed by atoms with Gasteiger partial charge in [-0.2, -0.15) is 0 Å². The van der Waals surface area contributed by atoms with Crippen LogP contribution in [0, 0.1) is 0 Å². The first kappa shape index (κ1) is 55.9. The van der Waals surface area contributed by atoms with Gasteiger partial charge in [-0.25, -0.2) is 16.8 Å². The summed E-state index contributed by atoms with van der Waals surface area (Å²) >= 11 is 0. The zero-order chi connectivity index (χ0) is 43.6. The Morgan fingerprint density at radius 2 is 0.623 bits per heavy atom. The third-order valence-corrected chi connectivity index (χ3v) is 13.8. The van der Waals surface area contributed by atoms with Crippen LogP contribution < -0.4 is 0 Å². The molecule has 0 radical (unpaired) electrons. The number of benzene rings is 4. The van der Waals surface area contributed by atoms with Crippen molar-refractivity contribution in [1.29, 1.82) is 0 Å². The predicted molar refractivity (Wildman–Crippen MR) is 258 cm³/mol. The molecular weight excluding hydrogens is 922 g/mol. The molecule has 0 N–H and O–H groups in total. The molecule has 6 nitrogen and oxygen atoms in total. The average Bonchev–Trinajstić information content (AvgIpc) is 3.21. The van der Waals surface area contributed by atoms with Crippen molar-refractivity contribution in [1.82, 2.24) is 0 Å². The Hall–Kier alpha value is -1.21. The maximum Gasteiger partial charge on any atom is 2.00 e. The van der Waals surface area contributed by atoms with Crippen LogP contribution in [0.5, 0.6) is 0 Å². The molecule has 0 aliphatic carbocycles. The molecule has 9 heteroatoms. The Morgan fingerprint density at radius 3 is 0.918 bits per heavy atom. The van der Waals surface area contributed by atoms with Crippen molar-refractivity contribution >= 4 is 90.7 Å². The van der Waals surface area contributed by atoms with E-state index in [0.717, 1.165) is 60.1 Å². The van der Waals surface area contributed by atoms with Gasteiger partial charge in [-0.05, 0) is 119 Å². The van der Waals surface area contributed by atoms with Crippen LogP contribution in [-0.4, -0.2) is 74.8 Å². The van der Waals surface area contributed by atoms with E-state index in [-0.39, 0.29) is 58.7 Å². The predicted octanol–water partition coefficient (Wildman–Crippen LogP) is 14.7. The molecular formula is C52H78BaO6S2. The SMILES string of the molecule is CCCCCCCCc1ccc2cc(S(=O)(=O)[O-])c(CCCCCCCC)cc2c1.CCCCCCCCc1ccc2cc(S(=O)(=O)[O-])c(CCCCCCCC)cc2c1.[Ba+2]. The van der Waals surface area contributed by atoms with Gasteiger partial charge in [-0.15, -0.1) is 0 Å². The Kier molecular flexibility index (Phi) is 29.0. The summed E-state index contributed by atoms with van der Waals surface area (Å²) in [5, 5.41) is 3.77. The monoisotopic (exact) mass is 1000 g/mol. The van der Waals surface area contributed by atoms with E-state index < -0.39 is 20.2 Å². The first-order valence-electron chi connectivity index (χ1n) is 23.9. The van der Waals surface area contributed by atoms with E-state index in [1.807, 2.05) is 24.3 Å². The van der Waals surface area contributed by atoms with E-state index in [1.54, 1.807) is 12.1 Å². The number of aryl methyl sites for hydroxylation is 4. The van der Waals surface area contributed by atoms with Gasteiger partial charge in [0.05, 0.1) is 9.79 Å². The smallest absolute Gasteiger partial charge is 0.744 e. The van der Waals surface area contributed by atoms with Crippen LogP contribution >= 0.6 is 0 Å². The van der Waals surface area contributed by atoms with Gasteiger partial charge >= 0.3 is 48.9 Å². The summed E-state index contributed by atoms with van der Waals surface area (Å²) in [7, 11) is -8.92. The van der Waals surface area contributed by atoms with Crippen LogP contribution in [0.3, 0.4) is 0 Å². The molecule has 0 aliphatic heterocycles. The van der Waals surface area contributed by atoms with E-state index in [1.165, 1.54) is 140 Å². The normalized spacial score (nSPS) is 11.8. The molecule has 336 valence electrons. The van der Waals surface area contributed by atoms with Gasteiger partial charge in [0, 0.05) is 0 Å². The number of unbranched alkanes of at least 4 members (excludes halogenated alkanes) is 20. The number of hydrogen-bond acceptors (Lipinski definition) is 6. The van der Waals surface area contributed by atoms with Crippen LogP contribution in [0.15, 0.2) is 70.5 Å². The van der Waals surface area contributed by atoms with Gasteiger partial charge in [0.1, 0.15) is 20.2 Å². The maximum atomic E-state index is 11.8. The van der Waals surface area contributed by atoms with Crippen molar-refractivity contribution in [3.05, 3.63) is 82.9 Å². The quantitative estimate of drug-likeness (QED) is 0.0292.